The van der Waals surface area contributed by atoms with E-state index in [0.717, 1.165) is 6.08 Å². The van der Waals surface area contributed by atoms with Crippen LogP contribution < -0.4 is 5.32 Å². The van der Waals surface area contributed by atoms with Crippen LogP contribution in [-0.2, 0) is 19.1 Å². The Bertz CT molecular complexity index is 308. The van der Waals surface area contributed by atoms with E-state index in [1.165, 1.54) is 7.11 Å². The summed E-state index contributed by atoms with van der Waals surface area (Å²) in [5.74, 6) is -2.07. The predicted molar refractivity (Wildman–Crippen MR) is 55.7 cm³/mol. The Balaban J connectivity index is 4.29. The maximum absolute atomic E-state index is 11.1. The number of carboxylic acids is 1. The SMILES string of the molecule is CCC(=O)NCC/C(=C\C(=O)O)C(=O)OC. The van der Waals surface area contributed by atoms with Crippen LogP contribution in [-0.4, -0.2) is 36.6 Å². The van der Waals surface area contributed by atoms with Crippen LogP contribution in [0.5, 0.6) is 0 Å². The van der Waals surface area contributed by atoms with Crippen LogP contribution in [0.3, 0.4) is 0 Å². The number of carbonyl (C=O) groups is 3. The third kappa shape index (κ3) is 5.79. The zero-order valence-corrected chi connectivity index (χ0v) is 9.28. The molecule has 0 heterocycles. The quantitative estimate of drug-likeness (QED) is 0.497. The first-order valence-corrected chi connectivity index (χ1v) is 4.79. The van der Waals surface area contributed by atoms with Gasteiger partial charge in [-0.3, -0.25) is 4.79 Å². The van der Waals surface area contributed by atoms with Gasteiger partial charge in [-0.15, -0.1) is 0 Å². The normalized spacial score (nSPS) is 10.8. The summed E-state index contributed by atoms with van der Waals surface area (Å²) in [6, 6.07) is 0. The molecule has 0 unspecified atom stereocenters. The molecule has 0 aliphatic heterocycles. The number of esters is 1. The van der Waals surface area contributed by atoms with Gasteiger partial charge in [-0.25, -0.2) is 9.59 Å². The Morgan fingerprint density at radius 3 is 2.44 bits per heavy atom. The molecule has 0 saturated heterocycles. The van der Waals surface area contributed by atoms with E-state index in [4.69, 9.17) is 5.11 Å². The van der Waals surface area contributed by atoms with Crippen LogP contribution in [0.15, 0.2) is 11.6 Å². The molecule has 0 aliphatic carbocycles. The fourth-order valence-electron chi connectivity index (χ4n) is 0.975. The molecule has 16 heavy (non-hydrogen) atoms. The van der Waals surface area contributed by atoms with Gasteiger partial charge in [-0.05, 0) is 6.42 Å². The van der Waals surface area contributed by atoms with E-state index in [1.807, 2.05) is 0 Å². The number of hydrogen-bond acceptors (Lipinski definition) is 4. The van der Waals surface area contributed by atoms with Crippen molar-refractivity contribution in [2.75, 3.05) is 13.7 Å². The molecule has 0 rings (SSSR count). The molecule has 0 saturated carbocycles. The number of ether oxygens (including phenoxy) is 1. The lowest BCUT2D eigenvalue weighted by atomic mass is 10.1. The third-order valence-electron chi connectivity index (χ3n) is 1.78. The van der Waals surface area contributed by atoms with Gasteiger partial charge >= 0.3 is 11.9 Å². The predicted octanol–water partition coefficient (Wildman–Crippen LogP) is 0.0867. The van der Waals surface area contributed by atoms with Crippen molar-refractivity contribution in [2.24, 2.45) is 0 Å². The Hall–Kier alpha value is -1.85. The summed E-state index contributed by atoms with van der Waals surface area (Å²) in [7, 11) is 1.17. The third-order valence-corrected chi connectivity index (χ3v) is 1.78. The first-order valence-electron chi connectivity index (χ1n) is 4.79. The van der Waals surface area contributed by atoms with Crippen molar-refractivity contribution in [3.8, 4) is 0 Å². The highest BCUT2D eigenvalue weighted by molar-refractivity contribution is 5.95. The number of aliphatic carboxylic acids is 1. The molecule has 0 aromatic heterocycles. The van der Waals surface area contributed by atoms with Crippen LogP contribution in [0.4, 0.5) is 0 Å². The molecular weight excluding hydrogens is 214 g/mol. The van der Waals surface area contributed by atoms with E-state index < -0.39 is 11.9 Å². The summed E-state index contributed by atoms with van der Waals surface area (Å²) < 4.78 is 4.41. The van der Waals surface area contributed by atoms with Gasteiger partial charge in [0.05, 0.1) is 7.11 Å². The van der Waals surface area contributed by atoms with Crippen LogP contribution in [0.25, 0.3) is 0 Å². The zero-order valence-electron chi connectivity index (χ0n) is 9.28. The van der Waals surface area contributed by atoms with Gasteiger partial charge in [0.15, 0.2) is 0 Å². The van der Waals surface area contributed by atoms with Gasteiger partial charge < -0.3 is 15.2 Å². The molecule has 6 heteroatoms. The van der Waals surface area contributed by atoms with Gasteiger partial charge in [0, 0.05) is 24.6 Å². The minimum absolute atomic E-state index is 0.0198. The second kappa shape index (κ2) is 7.44. The first-order chi connectivity index (χ1) is 7.51. The Morgan fingerprint density at radius 1 is 1.38 bits per heavy atom. The monoisotopic (exact) mass is 229 g/mol. The minimum Gasteiger partial charge on any atom is -0.478 e. The molecule has 6 nitrogen and oxygen atoms in total. The highest BCUT2D eigenvalue weighted by Gasteiger charge is 2.11. The lowest BCUT2D eigenvalue weighted by Crippen LogP contribution is -2.24. The fourth-order valence-corrected chi connectivity index (χ4v) is 0.975. The lowest BCUT2D eigenvalue weighted by molar-refractivity contribution is -0.137. The van der Waals surface area contributed by atoms with E-state index in [1.54, 1.807) is 6.92 Å². The number of methoxy groups -OCH3 is 1. The van der Waals surface area contributed by atoms with Crippen molar-refractivity contribution in [1.29, 1.82) is 0 Å². The second-order valence-electron chi connectivity index (χ2n) is 2.95. The van der Waals surface area contributed by atoms with Crippen LogP contribution in [0.2, 0.25) is 0 Å². The molecule has 1 amide bonds. The molecule has 0 atom stereocenters. The molecule has 90 valence electrons. The average molecular weight is 229 g/mol. The van der Waals surface area contributed by atoms with E-state index in [9.17, 15) is 14.4 Å². The van der Waals surface area contributed by atoms with Crippen molar-refractivity contribution in [1.82, 2.24) is 5.32 Å². The highest BCUT2D eigenvalue weighted by Crippen LogP contribution is 2.02. The maximum atomic E-state index is 11.1. The molecule has 0 aliphatic rings. The van der Waals surface area contributed by atoms with Gasteiger partial charge in [0.25, 0.3) is 0 Å². The number of rotatable bonds is 6. The fraction of sp³-hybridized carbons (Fsp3) is 0.500. The number of hydrogen-bond donors (Lipinski definition) is 2. The largest absolute Gasteiger partial charge is 0.478 e. The van der Waals surface area contributed by atoms with Gasteiger partial charge in [0.2, 0.25) is 5.91 Å². The molecule has 0 aromatic carbocycles. The van der Waals surface area contributed by atoms with E-state index in [0.29, 0.717) is 6.42 Å². The van der Waals surface area contributed by atoms with Crippen LogP contribution >= 0.6 is 0 Å². The molecule has 2 N–H and O–H groups in total. The average Bonchev–Trinajstić information content (AvgIpc) is 2.25. The van der Waals surface area contributed by atoms with Gasteiger partial charge in [-0.1, -0.05) is 6.92 Å². The Morgan fingerprint density at radius 2 is 2.00 bits per heavy atom. The maximum Gasteiger partial charge on any atom is 0.334 e. The number of nitrogens with one attached hydrogen (secondary N) is 1. The summed E-state index contributed by atoms with van der Waals surface area (Å²) in [6.45, 7) is 1.91. The summed E-state index contributed by atoms with van der Waals surface area (Å²) in [6.07, 6.45) is 1.25. The topological polar surface area (TPSA) is 92.7 Å². The lowest BCUT2D eigenvalue weighted by Gasteiger charge is -2.05. The summed E-state index contributed by atoms with van der Waals surface area (Å²) in [5.41, 5.74) is 0.0198. The van der Waals surface area contributed by atoms with E-state index in [2.05, 4.69) is 10.1 Å². The molecule has 0 bridgehead atoms. The zero-order chi connectivity index (χ0) is 12.6. The van der Waals surface area contributed by atoms with Gasteiger partial charge in [0.1, 0.15) is 0 Å². The number of carbonyl (C=O) groups excluding carboxylic acids is 2. The smallest absolute Gasteiger partial charge is 0.334 e. The molecule has 0 aromatic rings. The standard InChI is InChI=1S/C10H15NO5/c1-3-8(12)11-5-4-7(6-9(13)14)10(15)16-2/h6H,3-5H2,1-2H3,(H,11,12)(H,13,14)/b7-6+. The molecule has 0 fully saturated rings. The van der Waals surface area contributed by atoms with Crippen molar-refractivity contribution < 1.29 is 24.2 Å². The Kier molecular flexibility index (Phi) is 6.58. The second-order valence-corrected chi connectivity index (χ2v) is 2.95. The highest BCUT2D eigenvalue weighted by atomic mass is 16.5. The summed E-state index contributed by atoms with van der Waals surface area (Å²) >= 11 is 0. The van der Waals surface area contributed by atoms with E-state index >= 15 is 0 Å². The molecule has 0 radical (unpaired) electrons. The van der Waals surface area contributed by atoms with Crippen molar-refractivity contribution >= 4 is 17.8 Å². The van der Waals surface area contributed by atoms with Gasteiger partial charge in [-0.2, -0.15) is 0 Å². The number of carboxylic acid groups (broad SMARTS) is 1. The molecule has 0 spiro atoms. The van der Waals surface area contributed by atoms with Crippen molar-refractivity contribution in [3.05, 3.63) is 11.6 Å². The number of amides is 1. The van der Waals surface area contributed by atoms with E-state index in [-0.39, 0.29) is 24.4 Å². The summed E-state index contributed by atoms with van der Waals surface area (Å²) in [5, 5.41) is 11.0. The van der Waals surface area contributed by atoms with Crippen LogP contribution in [0.1, 0.15) is 19.8 Å². The minimum atomic E-state index is -1.22. The van der Waals surface area contributed by atoms with Crippen LogP contribution in [0, 0.1) is 0 Å². The first kappa shape index (κ1) is 14.2. The summed E-state index contributed by atoms with van der Waals surface area (Å²) in [4.78, 5) is 32.4. The van der Waals surface area contributed by atoms with Crippen molar-refractivity contribution in [2.45, 2.75) is 19.8 Å². The Labute approximate surface area is 93.3 Å². The molecular formula is C10H15NO5. The van der Waals surface area contributed by atoms with Crippen molar-refractivity contribution in [3.63, 3.8) is 0 Å².